The summed E-state index contributed by atoms with van der Waals surface area (Å²) in [6, 6.07) is 9.95. The molecular weight excluding hydrogens is 519 g/mol. The maximum atomic E-state index is 12.6. The summed E-state index contributed by atoms with van der Waals surface area (Å²) >= 11 is 5.96. The second-order valence-corrected chi connectivity index (χ2v) is 6.02. The predicted octanol–water partition coefficient (Wildman–Crippen LogP) is 4.44. The Morgan fingerprint density at radius 1 is 1.00 bits per heavy atom. The molecule has 0 heterocycles. The molecule has 29 heavy (non-hydrogen) atoms. The summed E-state index contributed by atoms with van der Waals surface area (Å²) < 4.78 is 40.2. The lowest BCUT2D eigenvalue weighted by atomic mass is 10.2. The highest BCUT2D eigenvalue weighted by atomic mass is 127. The Bertz CT molecular complexity index is 825. The van der Waals surface area contributed by atoms with Gasteiger partial charge in [-0.1, -0.05) is 11.6 Å². The molecule has 6 nitrogen and oxygen atoms in total. The summed E-state index contributed by atoms with van der Waals surface area (Å²) in [6.45, 7) is -2.29. The lowest BCUT2D eigenvalue weighted by molar-refractivity contribution is -0.0504. The van der Waals surface area contributed by atoms with Gasteiger partial charge in [0.1, 0.15) is 17.2 Å². The number of hydrogen-bond donors (Lipinski definition) is 2. The molecule has 0 saturated heterocycles. The standard InChI is InChI=1S/C19H22ClF2N3O3.HI/c1-23-19(24-10-12-4-6-15(26-2)9-17(12)27-3)25-11-13-8-14(20)5-7-16(13)28-18(21)22;/h4-9,18H,10-11H2,1-3H3,(H2,23,24,25);1H. The van der Waals surface area contributed by atoms with E-state index in [1.807, 2.05) is 12.1 Å². The molecular formula is C19H23ClF2IN3O3. The van der Waals surface area contributed by atoms with Gasteiger partial charge in [-0.2, -0.15) is 8.78 Å². The molecule has 0 radical (unpaired) electrons. The minimum atomic E-state index is -2.92. The predicted molar refractivity (Wildman–Crippen MR) is 120 cm³/mol. The first-order chi connectivity index (χ1) is 13.5. The van der Waals surface area contributed by atoms with Crippen LogP contribution in [-0.2, 0) is 13.1 Å². The molecule has 2 aromatic rings. The molecule has 0 spiro atoms. The van der Waals surface area contributed by atoms with Gasteiger partial charge >= 0.3 is 6.61 Å². The van der Waals surface area contributed by atoms with E-state index >= 15 is 0 Å². The number of methoxy groups -OCH3 is 2. The Labute approximate surface area is 190 Å². The number of aliphatic imine (C=N–C) groups is 1. The van der Waals surface area contributed by atoms with E-state index in [0.29, 0.717) is 34.6 Å². The summed E-state index contributed by atoms with van der Waals surface area (Å²) in [6.07, 6.45) is 0. The third-order valence-corrected chi connectivity index (χ3v) is 4.08. The molecule has 0 atom stereocenters. The van der Waals surface area contributed by atoms with Crippen LogP contribution in [0, 0.1) is 0 Å². The van der Waals surface area contributed by atoms with Crippen LogP contribution >= 0.6 is 35.6 Å². The molecule has 0 aliphatic rings. The first-order valence-electron chi connectivity index (χ1n) is 8.35. The molecule has 0 bridgehead atoms. The van der Waals surface area contributed by atoms with Crippen molar-refractivity contribution in [1.82, 2.24) is 10.6 Å². The fourth-order valence-electron chi connectivity index (χ4n) is 2.47. The van der Waals surface area contributed by atoms with Crippen molar-refractivity contribution in [1.29, 1.82) is 0 Å². The van der Waals surface area contributed by atoms with Crippen molar-refractivity contribution in [3.63, 3.8) is 0 Å². The van der Waals surface area contributed by atoms with Crippen LogP contribution in [0.5, 0.6) is 17.2 Å². The van der Waals surface area contributed by atoms with E-state index in [0.717, 1.165) is 5.56 Å². The zero-order valence-electron chi connectivity index (χ0n) is 16.2. The lowest BCUT2D eigenvalue weighted by Gasteiger charge is -2.16. The molecule has 0 aliphatic heterocycles. The van der Waals surface area contributed by atoms with Crippen LogP contribution in [0.15, 0.2) is 41.4 Å². The Morgan fingerprint density at radius 3 is 2.28 bits per heavy atom. The summed E-state index contributed by atoms with van der Waals surface area (Å²) in [4.78, 5) is 4.13. The molecule has 0 amide bonds. The molecule has 2 N–H and O–H groups in total. The van der Waals surface area contributed by atoms with Crippen LogP contribution in [0.25, 0.3) is 0 Å². The average Bonchev–Trinajstić information content (AvgIpc) is 2.69. The zero-order valence-corrected chi connectivity index (χ0v) is 19.3. The minimum Gasteiger partial charge on any atom is -0.497 e. The van der Waals surface area contributed by atoms with Gasteiger partial charge in [-0.15, -0.1) is 24.0 Å². The molecule has 0 aliphatic carbocycles. The van der Waals surface area contributed by atoms with E-state index in [9.17, 15) is 8.78 Å². The molecule has 10 heteroatoms. The van der Waals surface area contributed by atoms with Crippen LogP contribution < -0.4 is 24.8 Å². The maximum absolute atomic E-state index is 12.6. The van der Waals surface area contributed by atoms with Gasteiger partial charge in [0.2, 0.25) is 0 Å². The van der Waals surface area contributed by atoms with E-state index in [1.54, 1.807) is 33.4 Å². The monoisotopic (exact) mass is 541 g/mol. The lowest BCUT2D eigenvalue weighted by Crippen LogP contribution is -2.36. The van der Waals surface area contributed by atoms with Crippen LogP contribution in [0.3, 0.4) is 0 Å². The molecule has 0 unspecified atom stereocenters. The van der Waals surface area contributed by atoms with Gasteiger partial charge in [-0.05, 0) is 30.3 Å². The first kappa shape index (κ1) is 25.0. The first-order valence-corrected chi connectivity index (χ1v) is 8.73. The second kappa shape index (κ2) is 12.5. The van der Waals surface area contributed by atoms with Crippen molar-refractivity contribution in [2.75, 3.05) is 21.3 Å². The van der Waals surface area contributed by atoms with Crippen molar-refractivity contribution < 1.29 is 23.0 Å². The largest absolute Gasteiger partial charge is 0.497 e. The summed E-state index contributed by atoms with van der Waals surface area (Å²) in [5, 5.41) is 6.61. The number of benzene rings is 2. The Hall–Kier alpha value is -2.01. The van der Waals surface area contributed by atoms with Gasteiger partial charge in [-0.25, -0.2) is 0 Å². The molecule has 0 fully saturated rings. The van der Waals surface area contributed by atoms with Crippen molar-refractivity contribution in [3.05, 3.63) is 52.5 Å². The highest BCUT2D eigenvalue weighted by Gasteiger charge is 2.11. The number of rotatable bonds is 8. The number of ether oxygens (including phenoxy) is 3. The van der Waals surface area contributed by atoms with Gasteiger partial charge in [0.25, 0.3) is 0 Å². The van der Waals surface area contributed by atoms with E-state index in [2.05, 4.69) is 20.4 Å². The number of halogens is 4. The SMILES string of the molecule is CN=C(NCc1ccc(OC)cc1OC)NCc1cc(Cl)ccc1OC(F)F.I. The number of nitrogens with zero attached hydrogens (tertiary/aromatic N) is 1. The highest BCUT2D eigenvalue weighted by molar-refractivity contribution is 14.0. The van der Waals surface area contributed by atoms with Crippen LogP contribution in [0.1, 0.15) is 11.1 Å². The molecule has 2 aromatic carbocycles. The number of nitrogens with one attached hydrogen (secondary N) is 2. The van der Waals surface area contributed by atoms with Crippen LogP contribution in [0.4, 0.5) is 8.78 Å². The molecule has 160 valence electrons. The fourth-order valence-corrected chi connectivity index (χ4v) is 2.67. The molecule has 2 rings (SSSR count). The number of hydrogen-bond acceptors (Lipinski definition) is 4. The van der Waals surface area contributed by atoms with Crippen molar-refractivity contribution in [2.45, 2.75) is 19.7 Å². The van der Waals surface area contributed by atoms with Crippen molar-refractivity contribution in [2.24, 2.45) is 4.99 Å². The maximum Gasteiger partial charge on any atom is 0.387 e. The Morgan fingerprint density at radius 2 is 1.69 bits per heavy atom. The van der Waals surface area contributed by atoms with Crippen molar-refractivity contribution >= 4 is 41.5 Å². The van der Waals surface area contributed by atoms with E-state index < -0.39 is 6.61 Å². The smallest absolute Gasteiger partial charge is 0.387 e. The number of guanidine groups is 1. The van der Waals surface area contributed by atoms with Gasteiger partial charge in [0.15, 0.2) is 5.96 Å². The van der Waals surface area contributed by atoms with Gasteiger partial charge in [-0.3, -0.25) is 4.99 Å². The average molecular weight is 542 g/mol. The van der Waals surface area contributed by atoms with Crippen LogP contribution in [0.2, 0.25) is 5.02 Å². The van der Waals surface area contributed by atoms with Gasteiger partial charge in [0.05, 0.1) is 14.2 Å². The topological polar surface area (TPSA) is 64.1 Å². The van der Waals surface area contributed by atoms with Gasteiger partial charge < -0.3 is 24.8 Å². The Kier molecular flexibility index (Phi) is 10.8. The zero-order chi connectivity index (χ0) is 20.5. The Balaban J connectivity index is 0.00000420. The van der Waals surface area contributed by atoms with Gasteiger partial charge in [0, 0.05) is 42.4 Å². The molecule has 0 aromatic heterocycles. The third kappa shape index (κ3) is 7.73. The quantitative estimate of drug-likeness (QED) is 0.294. The van der Waals surface area contributed by atoms with Crippen molar-refractivity contribution in [3.8, 4) is 17.2 Å². The highest BCUT2D eigenvalue weighted by Crippen LogP contribution is 2.25. The normalized spacial score (nSPS) is 10.9. The fraction of sp³-hybridized carbons (Fsp3) is 0.316. The van der Waals surface area contributed by atoms with E-state index in [1.165, 1.54) is 12.1 Å². The van der Waals surface area contributed by atoms with Crippen LogP contribution in [-0.4, -0.2) is 33.8 Å². The summed E-state index contributed by atoms with van der Waals surface area (Å²) in [5.74, 6) is 1.89. The van der Waals surface area contributed by atoms with E-state index in [4.69, 9.17) is 21.1 Å². The van der Waals surface area contributed by atoms with E-state index in [-0.39, 0.29) is 36.3 Å². The molecule has 0 saturated carbocycles. The minimum absolute atomic E-state index is 0. The summed E-state index contributed by atoms with van der Waals surface area (Å²) in [7, 11) is 4.77. The number of alkyl halides is 2. The second-order valence-electron chi connectivity index (χ2n) is 5.59. The third-order valence-electron chi connectivity index (χ3n) is 3.85. The summed E-state index contributed by atoms with van der Waals surface area (Å²) in [5.41, 5.74) is 1.38.